The van der Waals surface area contributed by atoms with Crippen LogP contribution in [0.1, 0.15) is 32.4 Å². The summed E-state index contributed by atoms with van der Waals surface area (Å²) in [4.78, 5) is 0. The van der Waals surface area contributed by atoms with Crippen LogP contribution < -0.4 is 15.8 Å². The largest absolute Gasteiger partial charge is 0.434 e. The van der Waals surface area contributed by atoms with E-state index in [-0.39, 0.29) is 11.8 Å². The number of para-hydroxylation sites is 1. The number of hydrogen-bond acceptors (Lipinski definition) is 3. The molecule has 0 saturated heterocycles. The Kier molecular flexibility index (Phi) is 6.88. The number of rotatable bonds is 8. The van der Waals surface area contributed by atoms with Crippen molar-refractivity contribution in [2.24, 2.45) is 17.6 Å². The quantitative estimate of drug-likeness (QED) is 0.771. The van der Waals surface area contributed by atoms with Crippen LogP contribution in [0.25, 0.3) is 0 Å². The van der Waals surface area contributed by atoms with Crippen molar-refractivity contribution in [2.45, 2.75) is 33.4 Å². The summed E-state index contributed by atoms with van der Waals surface area (Å²) in [5, 5.41) is 3.34. The molecule has 2 unspecified atom stereocenters. The Bertz CT molecular complexity index is 399. The maximum absolute atomic E-state index is 12.4. The van der Waals surface area contributed by atoms with Gasteiger partial charge in [-0.1, -0.05) is 32.0 Å². The molecule has 0 saturated carbocycles. The Morgan fingerprint density at radius 1 is 1.20 bits per heavy atom. The molecule has 0 aliphatic rings. The first-order valence-electron chi connectivity index (χ1n) is 6.92. The first-order valence-corrected chi connectivity index (χ1v) is 6.92. The maximum Gasteiger partial charge on any atom is 0.387 e. The van der Waals surface area contributed by atoms with E-state index in [1.54, 1.807) is 18.2 Å². The van der Waals surface area contributed by atoms with Crippen molar-refractivity contribution in [3.05, 3.63) is 29.8 Å². The summed E-state index contributed by atoms with van der Waals surface area (Å²) >= 11 is 0. The fourth-order valence-electron chi connectivity index (χ4n) is 2.07. The lowest BCUT2D eigenvalue weighted by atomic mass is 9.95. The molecule has 0 amide bonds. The van der Waals surface area contributed by atoms with Crippen LogP contribution in [0.5, 0.6) is 5.75 Å². The average Bonchev–Trinajstić information content (AvgIpc) is 2.38. The van der Waals surface area contributed by atoms with E-state index in [1.807, 2.05) is 13.0 Å². The first-order chi connectivity index (χ1) is 9.45. The van der Waals surface area contributed by atoms with E-state index in [4.69, 9.17) is 5.73 Å². The summed E-state index contributed by atoms with van der Waals surface area (Å²) in [7, 11) is 0. The number of hydrogen-bond donors (Lipinski definition) is 2. The van der Waals surface area contributed by atoms with Crippen LogP contribution in [0.3, 0.4) is 0 Å². The summed E-state index contributed by atoms with van der Waals surface area (Å²) in [5.74, 6) is 1.06. The molecule has 1 rings (SSSR count). The van der Waals surface area contributed by atoms with Crippen LogP contribution in [-0.2, 0) is 0 Å². The molecule has 0 spiro atoms. The summed E-state index contributed by atoms with van der Waals surface area (Å²) in [6, 6.07) is 6.78. The molecule has 0 bridgehead atoms. The van der Waals surface area contributed by atoms with Crippen molar-refractivity contribution >= 4 is 0 Å². The van der Waals surface area contributed by atoms with E-state index in [2.05, 4.69) is 23.9 Å². The fraction of sp³-hybridized carbons (Fsp3) is 0.600. The van der Waals surface area contributed by atoms with Gasteiger partial charge in [0.15, 0.2) is 0 Å². The average molecular weight is 286 g/mol. The van der Waals surface area contributed by atoms with E-state index in [9.17, 15) is 8.78 Å². The molecule has 5 heteroatoms. The molecule has 2 atom stereocenters. The van der Waals surface area contributed by atoms with E-state index in [1.165, 1.54) is 0 Å². The zero-order valence-electron chi connectivity index (χ0n) is 12.3. The van der Waals surface area contributed by atoms with Crippen LogP contribution in [0.4, 0.5) is 8.78 Å². The number of nitrogens with two attached hydrogens (primary N) is 1. The number of nitrogens with one attached hydrogen (secondary N) is 1. The van der Waals surface area contributed by atoms with Crippen molar-refractivity contribution in [1.29, 1.82) is 0 Å². The monoisotopic (exact) mass is 286 g/mol. The van der Waals surface area contributed by atoms with E-state index in [0.29, 0.717) is 18.4 Å². The Morgan fingerprint density at radius 2 is 1.85 bits per heavy atom. The molecule has 1 aromatic rings. The lowest BCUT2D eigenvalue weighted by molar-refractivity contribution is -0.0506. The Labute approximate surface area is 119 Å². The molecule has 3 N–H and O–H groups in total. The summed E-state index contributed by atoms with van der Waals surface area (Å²) in [5.41, 5.74) is 6.46. The lowest BCUT2D eigenvalue weighted by Gasteiger charge is -2.23. The smallest absolute Gasteiger partial charge is 0.387 e. The van der Waals surface area contributed by atoms with Crippen LogP contribution >= 0.6 is 0 Å². The second-order valence-electron chi connectivity index (χ2n) is 5.29. The highest BCUT2D eigenvalue weighted by Gasteiger charge is 2.17. The van der Waals surface area contributed by atoms with Gasteiger partial charge in [0, 0.05) is 11.6 Å². The van der Waals surface area contributed by atoms with Crippen molar-refractivity contribution in [2.75, 3.05) is 13.1 Å². The molecule has 0 aliphatic heterocycles. The van der Waals surface area contributed by atoms with Crippen LogP contribution in [0.15, 0.2) is 24.3 Å². The van der Waals surface area contributed by atoms with Gasteiger partial charge < -0.3 is 15.8 Å². The van der Waals surface area contributed by atoms with Crippen molar-refractivity contribution in [3.8, 4) is 5.75 Å². The summed E-state index contributed by atoms with van der Waals surface area (Å²) < 4.78 is 29.3. The van der Waals surface area contributed by atoms with Gasteiger partial charge in [-0.15, -0.1) is 0 Å². The molecule has 0 fully saturated rings. The van der Waals surface area contributed by atoms with E-state index in [0.717, 1.165) is 12.1 Å². The van der Waals surface area contributed by atoms with Gasteiger partial charge in [0.05, 0.1) is 0 Å². The molecule has 0 radical (unpaired) electrons. The van der Waals surface area contributed by atoms with Crippen molar-refractivity contribution < 1.29 is 13.5 Å². The number of ether oxygens (including phenoxy) is 1. The molecular weight excluding hydrogens is 262 g/mol. The summed E-state index contributed by atoms with van der Waals surface area (Å²) in [6.45, 7) is 4.72. The fourth-order valence-corrected chi connectivity index (χ4v) is 2.07. The normalized spacial score (nSPS) is 14.6. The minimum atomic E-state index is -2.81. The zero-order chi connectivity index (χ0) is 15.1. The number of alkyl halides is 2. The third kappa shape index (κ3) is 5.06. The molecule has 0 heterocycles. The van der Waals surface area contributed by atoms with Gasteiger partial charge in [-0.2, -0.15) is 8.78 Å². The Morgan fingerprint density at radius 3 is 2.40 bits per heavy atom. The van der Waals surface area contributed by atoms with Gasteiger partial charge in [-0.3, -0.25) is 0 Å². The highest BCUT2D eigenvalue weighted by atomic mass is 19.3. The lowest BCUT2D eigenvalue weighted by Crippen LogP contribution is -2.33. The molecule has 3 nitrogen and oxygen atoms in total. The van der Waals surface area contributed by atoms with Gasteiger partial charge in [0.2, 0.25) is 0 Å². The maximum atomic E-state index is 12.4. The molecular formula is C15H24F2N2O. The predicted molar refractivity (Wildman–Crippen MR) is 76.9 cm³/mol. The first kappa shape index (κ1) is 16.9. The minimum Gasteiger partial charge on any atom is -0.434 e. The highest BCUT2D eigenvalue weighted by molar-refractivity contribution is 5.35. The van der Waals surface area contributed by atoms with Crippen LogP contribution in [0.2, 0.25) is 0 Å². The third-order valence-electron chi connectivity index (χ3n) is 3.53. The van der Waals surface area contributed by atoms with Crippen molar-refractivity contribution in [1.82, 2.24) is 5.32 Å². The molecule has 0 aromatic heterocycles. The van der Waals surface area contributed by atoms with Crippen LogP contribution in [-0.4, -0.2) is 19.7 Å². The Balaban J connectivity index is 2.69. The van der Waals surface area contributed by atoms with Crippen molar-refractivity contribution in [3.63, 3.8) is 0 Å². The topological polar surface area (TPSA) is 47.3 Å². The van der Waals surface area contributed by atoms with Crippen LogP contribution in [0, 0.1) is 11.8 Å². The molecule has 20 heavy (non-hydrogen) atoms. The number of benzene rings is 1. The van der Waals surface area contributed by atoms with Gasteiger partial charge in [-0.05, 0) is 37.9 Å². The zero-order valence-corrected chi connectivity index (χ0v) is 12.3. The summed E-state index contributed by atoms with van der Waals surface area (Å²) in [6.07, 6.45) is 0. The van der Waals surface area contributed by atoms with Gasteiger partial charge in [-0.25, -0.2) is 0 Å². The van der Waals surface area contributed by atoms with Gasteiger partial charge in [0.25, 0.3) is 0 Å². The van der Waals surface area contributed by atoms with E-state index >= 15 is 0 Å². The second kappa shape index (κ2) is 8.17. The molecule has 0 aliphatic carbocycles. The third-order valence-corrected chi connectivity index (χ3v) is 3.53. The molecule has 1 aromatic carbocycles. The SMILES string of the molecule is CC(NCC(CN)C(C)C)c1ccccc1OC(F)F. The van der Waals surface area contributed by atoms with E-state index < -0.39 is 6.61 Å². The molecule has 114 valence electrons. The van der Waals surface area contributed by atoms with Gasteiger partial charge in [0.1, 0.15) is 5.75 Å². The second-order valence-corrected chi connectivity index (χ2v) is 5.29. The highest BCUT2D eigenvalue weighted by Crippen LogP contribution is 2.26. The Hall–Kier alpha value is -1.20. The predicted octanol–water partition coefficient (Wildman–Crippen LogP) is 3.17. The minimum absolute atomic E-state index is 0.0715. The standard InChI is InChI=1S/C15H24F2N2O/c1-10(2)12(8-18)9-19-11(3)13-6-4-5-7-14(13)20-15(16)17/h4-7,10-12,15,19H,8-9,18H2,1-3H3. The number of halogens is 2. The van der Waals surface area contributed by atoms with Gasteiger partial charge >= 0.3 is 6.61 Å².